The van der Waals surface area contributed by atoms with E-state index in [4.69, 9.17) is 9.47 Å². The van der Waals surface area contributed by atoms with E-state index in [1.54, 1.807) is 7.11 Å². The Labute approximate surface area is 142 Å². The Morgan fingerprint density at radius 3 is 3.04 bits per heavy atom. The van der Waals surface area contributed by atoms with Crippen LogP contribution in [0.3, 0.4) is 0 Å². The summed E-state index contributed by atoms with van der Waals surface area (Å²) >= 11 is 3.66. The molecule has 23 heavy (non-hydrogen) atoms. The molecule has 1 spiro atoms. The summed E-state index contributed by atoms with van der Waals surface area (Å²) in [6.07, 6.45) is 1.04. The monoisotopic (exact) mass is 379 g/mol. The van der Waals surface area contributed by atoms with Crippen molar-refractivity contribution in [1.82, 2.24) is 4.90 Å². The maximum Gasteiger partial charge on any atom is 0.177 e. The van der Waals surface area contributed by atoms with Gasteiger partial charge < -0.3 is 19.5 Å². The average Bonchev–Trinajstić information content (AvgIpc) is 2.96. The number of halogens is 1. The van der Waals surface area contributed by atoms with Gasteiger partial charge in [0.15, 0.2) is 23.4 Å². The standard InChI is InChI=1S/C17H18BrNO4/c1-19-4-3-16-13-8-5-12(19)17(16,21)7-10(20)15(16)23-14(13)11(22-2)6-9(8)18/h6,12,15,21H,3-5,7H2,1-2H3/t12-,15-,16-,17+/m0/s1. The van der Waals surface area contributed by atoms with Gasteiger partial charge in [-0.2, -0.15) is 0 Å². The fourth-order valence-corrected chi connectivity index (χ4v) is 6.08. The molecule has 1 aromatic rings. The van der Waals surface area contributed by atoms with Gasteiger partial charge in [-0.25, -0.2) is 0 Å². The van der Waals surface area contributed by atoms with Crippen molar-refractivity contribution in [3.05, 3.63) is 21.7 Å². The highest BCUT2D eigenvalue weighted by Gasteiger charge is 2.76. The SMILES string of the molecule is COc1cc(Br)c2c3c1O[C@H]1C(=O)C[C@@]4(O)[C@H](C2)N(C)CC[C@]314. The molecule has 2 aliphatic carbocycles. The smallest absolute Gasteiger partial charge is 0.177 e. The van der Waals surface area contributed by atoms with Gasteiger partial charge in [-0.15, -0.1) is 0 Å². The van der Waals surface area contributed by atoms with E-state index in [1.165, 1.54) is 0 Å². The fraction of sp³-hybridized carbons (Fsp3) is 0.588. The van der Waals surface area contributed by atoms with Crippen LogP contribution in [0.15, 0.2) is 10.5 Å². The Bertz CT molecular complexity index is 765. The highest BCUT2D eigenvalue weighted by Crippen LogP contribution is 2.66. The van der Waals surface area contributed by atoms with Crippen molar-refractivity contribution < 1.29 is 19.4 Å². The van der Waals surface area contributed by atoms with E-state index in [-0.39, 0.29) is 18.2 Å². The molecule has 2 heterocycles. The third-order valence-corrected chi connectivity index (χ3v) is 7.20. The van der Waals surface area contributed by atoms with Crippen LogP contribution < -0.4 is 9.47 Å². The number of aliphatic hydroxyl groups is 1. The number of Topliss-reactive ketones (excluding diaryl/α,β-unsaturated/α-hetero) is 1. The third-order valence-electron chi connectivity index (χ3n) is 6.50. The van der Waals surface area contributed by atoms with Crippen molar-refractivity contribution in [1.29, 1.82) is 0 Å². The Balaban J connectivity index is 1.90. The minimum atomic E-state index is -1.05. The normalized spacial score (nSPS) is 40.1. The molecule has 5 rings (SSSR count). The highest BCUT2D eigenvalue weighted by atomic mass is 79.9. The number of nitrogens with zero attached hydrogens (tertiary/aromatic N) is 1. The van der Waals surface area contributed by atoms with Crippen molar-refractivity contribution in [2.24, 2.45) is 0 Å². The van der Waals surface area contributed by atoms with E-state index < -0.39 is 17.1 Å². The molecule has 122 valence electrons. The molecule has 2 bridgehead atoms. The molecule has 4 aliphatic rings. The summed E-state index contributed by atoms with van der Waals surface area (Å²) in [5.41, 5.74) is 0.484. The molecular formula is C17H18BrNO4. The van der Waals surface area contributed by atoms with Crippen LogP contribution in [0.1, 0.15) is 24.0 Å². The number of piperidine rings is 1. The summed E-state index contributed by atoms with van der Waals surface area (Å²) in [6, 6.07) is 1.85. The number of ketones is 1. The molecule has 0 radical (unpaired) electrons. The maximum atomic E-state index is 12.7. The predicted octanol–water partition coefficient (Wildman–Crippen LogP) is 1.42. The van der Waals surface area contributed by atoms with Gasteiger partial charge in [-0.05, 0) is 38.1 Å². The maximum absolute atomic E-state index is 12.7. The number of hydrogen-bond donors (Lipinski definition) is 1. The number of ether oxygens (including phenoxy) is 2. The van der Waals surface area contributed by atoms with E-state index in [0.717, 1.165) is 28.6 Å². The van der Waals surface area contributed by atoms with Gasteiger partial charge in [-0.3, -0.25) is 4.79 Å². The summed E-state index contributed by atoms with van der Waals surface area (Å²) in [6.45, 7) is 0.855. The second-order valence-corrected chi connectivity index (χ2v) is 8.08. The number of carbonyl (C=O) groups excluding carboxylic acids is 1. The topological polar surface area (TPSA) is 59.0 Å². The third kappa shape index (κ3) is 1.33. The van der Waals surface area contributed by atoms with E-state index in [0.29, 0.717) is 17.9 Å². The molecule has 1 saturated carbocycles. The summed E-state index contributed by atoms with van der Waals surface area (Å²) in [5, 5.41) is 11.6. The van der Waals surface area contributed by atoms with Crippen LogP contribution in [0.4, 0.5) is 0 Å². The van der Waals surface area contributed by atoms with Gasteiger partial charge in [0.25, 0.3) is 0 Å². The number of benzene rings is 1. The van der Waals surface area contributed by atoms with Gasteiger partial charge in [0.2, 0.25) is 0 Å². The molecule has 0 amide bonds. The lowest BCUT2D eigenvalue weighted by atomic mass is 9.56. The summed E-state index contributed by atoms with van der Waals surface area (Å²) in [7, 11) is 3.64. The number of rotatable bonds is 1. The van der Waals surface area contributed by atoms with Crippen LogP contribution in [0.2, 0.25) is 0 Å². The van der Waals surface area contributed by atoms with Crippen molar-refractivity contribution in [2.75, 3.05) is 20.7 Å². The second kappa shape index (κ2) is 4.10. The summed E-state index contributed by atoms with van der Waals surface area (Å²) < 4.78 is 12.6. The largest absolute Gasteiger partial charge is 0.493 e. The lowest BCUT2D eigenvalue weighted by Crippen LogP contribution is -2.70. The van der Waals surface area contributed by atoms with Crippen molar-refractivity contribution in [3.63, 3.8) is 0 Å². The molecule has 0 unspecified atom stereocenters. The van der Waals surface area contributed by atoms with E-state index >= 15 is 0 Å². The molecular weight excluding hydrogens is 362 g/mol. The van der Waals surface area contributed by atoms with E-state index in [1.807, 2.05) is 13.1 Å². The Hall–Kier alpha value is -1.11. The van der Waals surface area contributed by atoms with E-state index in [2.05, 4.69) is 20.8 Å². The Morgan fingerprint density at radius 2 is 2.30 bits per heavy atom. The zero-order valence-electron chi connectivity index (χ0n) is 13.1. The van der Waals surface area contributed by atoms with Crippen molar-refractivity contribution >= 4 is 21.7 Å². The molecule has 0 aromatic heterocycles. The zero-order chi connectivity index (χ0) is 16.1. The van der Waals surface area contributed by atoms with Crippen molar-refractivity contribution in [2.45, 2.75) is 42.4 Å². The molecule has 1 saturated heterocycles. The minimum Gasteiger partial charge on any atom is -0.493 e. The number of likely N-dealkylation sites (N-methyl/N-ethyl adjacent to an activating group) is 1. The van der Waals surface area contributed by atoms with Crippen molar-refractivity contribution in [3.8, 4) is 11.5 Å². The highest BCUT2D eigenvalue weighted by molar-refractivity contribution is 9.10. The van der Waals surface area contributed by atoms with Gasteiger partial charge >= 0.3 is 0 Å². The fourth-order valence-electron chi connectivity index (χ4n) is 5.52. The van der Waals surface area contributed by atoms with Crippen LogP contribution in [-0.2, 0) is 16.6 Å². The Morgan fingerprint density at radius 1 is 1.52 bits per heavy atom. The summed E-state index contributed by atoms with van der Waals surface area (Å²) in [4.78, 5) is 14.9. The van der Waals surface area contributed by atoms with Crippen LogP contribution in [0.5, 0.6) is 11.5 Å². The average molecular weight is 380 g/mol. The van der Waals surface area contributed by atoms with Gasteiger partial charge in [0.05, 0.1) is 12.5 Å². The predicted molar refractivity (Wildman–Crippen MR) is 86.1 cm³/mol. The van der Waals surface area contributed by atoms with E-state index in [9.17, 15) is 9.90 Å². The molecule has 2 fully saturated rings. The summed E-state index contributed by atoms with van der Waals surface area (Å²) in [5.74, 6) is 1.30. The second-order valence-electron chi connectivity index (χ2n) is 7.23. The molecule has 6 heteroatoms. The molecule has 5 nitrogen and oxygen atoms in total. The lowest BCUT2D eigenvalue weighted by Gasteiger charge is -2.56. The van der Waals surface area contributed by atoms with Crippen LogP contribution in [-0.4, -0.2) is 54.2 Å². The number of hydrogen-bond acceptors (Lipinski definition) is 5. The first kappa shape index (κ1) is 14.3. The molecule has 1 aromatic carbocycles. The van der Waals surface area contributed by atoms with Gasteiger partial charge in [-0.1, -0.05) is 15.9 Å². The first-order valence-corrected chi connectivity index (χ1v) is 8.75. The Kier molecular flexibility index (Phi) is 2.54. The minimum absolute atomic E-state index is 0.00928. The van der Waals surface area contributed by atoms with Gasteiger partial charge in [0, 0.05) is 22.5 Å². The molecule has 4 atom stereocenters. The molecule has 2 aliphatic heterocycles. The first-order chi connectivity index (χ1) is 10.9. The molecule has 1 N–H and O–H groups in total. The lowest BCUT2D eigenvalue weighted by molar-refractivity contribution is -0.131. The van der Waals surface area contributed by atoms with Gasteiger partial charge in [0.1, 0.15) is 5.60 Å². The number of likely N-dealkylation sites (tertiary alicyclic amines) is 1. The zero-order valence-corrected chi connectivity index (χ0v) is 14.6. The number of methoxy groups -OCH3 is 1. The quantitative estimate of drug-likeness (QED) is 0.799. The van der Waals surface area contributed by atoms with Crippen LogP contribution in [0, 0.1) is 0 Å². The van der Waals surface area contributed by atoms with Crippen LogP contribution in [0.25, 0.3) is 0 Å². The van der Waals surface area contributed by atoms with Crippen LogP contribution >= 0.6 is 15.9 Å². The first-order valence-electron chi connectivity index (χ1n) is 7.96. The number of carbonyl (C=O) groups is 1.